The molecule has 0 aliphatic rings. The molecular formula is C13H10F3N3O2. The van der Waals surface area contributed by atoms with Crippen molar-refractivity contribution in [2.75, 3.05) is 11.1 Å². The van der Waals surface area contributed by atoms with Gasteiger partial charge in [0.05, 0.1) is 17.4 Å². The average Bonchev–Trinajstić information content (AvgIpc) is 2.40. The Morgan fingerprint density at radius 3 is 2.38 bits per heavy atom. The summed E-state index contributed by atoms with van der Waals surface area (Å²) in [5, 5.41) is 11.7. The van der Waals surface area contributed by atoms with E-state index in [0.717, 1.165) is 12.1 Å². The van der Waals surface area contributed by atoms with Gasteiger partial charge in [-0.2, -0.15) is 13.2 Å². The molecule has 0 saturated heterocycles. The number of pyridine rings is 1. The number of carboxylic acid groups (broad SMARTS) is 1. The molecule has 8 heteroatoms. The van der Waals surface area contributed by atoms with Crippen LogP contribution in [0.3, 0.4) is 0 Å². The molecule has 110 valence electrons. The molecule has 1 aromatic carbocycles. The van der Waals surface area contributed by atoms with Gasteiger partial charge in [0, 0.05) is 5.69 Å². The van der Waals surface area contributed by atoms with Gasteiger partial charge in [0.1, 0.15) is 11.4 Å². The third kappa shape index (κ3) is 3.41. The molecule has 4 N–H and O–H groups in total. The lowest BCUT2D eigenvalue weighted by Crippen LogP contribution is -2.07. The van der Waals surface area contributed by atoms with Crippen LogP contribution in [0.15, 0.2) is 36.5 Å². The zero-order valence-corrected chi connectivity index (χ0v) is 10.5. The fourth-order valence-electron chi connectivity index (χ4n) is 1.62. The molecule has 0 unspecified atom stereocenters. The average molecular weight is 297 g/mol. The molecule has 21 heavy (non-hydrogen) atoms. The number of anilines is 3. The van der Waals surface area contributed by atoms with E-state index in [1.807, 2.05) is 0 Å². The first-order valence-corrected chi connectivity index (χ1v) is 5.70. The van der Waals surface area contributed by atoms with E-state index in [2.05, 4.69) is 10.3 Å². The van der Waals surface area contributed by atoms with E-state index in [-0.39, 0.29) is 22.8 Å². The number of nitrogens with one attached hydrogen (secondary N) is 1. The van der Waals surface area contributed by atoms with Gasteiger partial charge in [-0.1, -0.05) is 0 Å². The number of hydrogen-bond donors (Lipinski definition) is 3. The second-order valence-electron chi connectivity index (χ2n) is 4.17. The summed E-state index contributed by atoms with van der Waals surface area (Å²) in [4.78, 5) is 14.9. The summed E-state index contributed by atoms with van der Waals surface area (Å²) < 4.78 is 37.3. The van der Waals surface area contributed by atoms with Gasteiger partial charge in [0.2, 0.25) is 0 Å². The van der Waals surface area contributed by atoms with E-state index >= 15 is 0 Å². The van der Waals surface area contributed by atoms with E-state index in [0.29, 0.717) is 0 Å². The summed E-state index contributed by atoms with van der Waals surface area (Å²) >= 11 is 0. The maximum Gasteiger partial charge on any atom is 0.416 e. The summed E-state index contributed by atoms with van der Waals surface area (Å²) in [6.07, 6.45) is -3.18. The first-order chi connectivity index (χ1) is 9.77. The van der Waals surface area contributed by atoms with Gasteiger partial charge in [-0.05, 0) is 30.3 Å². The molecule has 0 bridgehead atoms. The predicted octanol–water partition coefficient (Wildman–Crippen LogP) is 3.12. The Bertz CT molecular complexity index is 669. The van der Waals surface area contributed by atoms with Crippen LogP contribution in [0.4, 0.5) is 30.4 Å². The molecule has 0 atom stereocenters. The van der Waals surface area contributed by atoms with Crippen molar-refractivity contribution in [2.45, 2.75) is 6.18 Å². The zero-order chi connectivity index (χ0) is 15.6. The predicted molar refractivity (Wildman–Crippen MR) is 70.3 cm³/mol. The third-order valence-electron chi connectivity index (χ3n) is 2.61. The Hall–Kier alpha value is -2.77. The summed E-state index contributed by atoms with van der Waals surface area (Å²) in [6.45, 7) is 0. The molecule has 5 nitrogen and oxygen atoms in total. The summed E-state index contributed by atoms with van der Waals surface area (Å²) in [7, 11) is 0. The lowest BCUT2D eigenvalue weighted by atomic mass is 10.2. The molecule has 0 aliphatic carbocycles. The first kappa shape index (κ1) is 14.6. The number of nitrogen functional groups attached to an aromatic ring is 1. The number of rotatable bonds is 3. The van der Waals surface area contributed by atoms with Crippen molar-refractivity contribution < 1.29 is 23.1 Å². The Labute approximate surface area is 117 Å². The maximum absolute atomic E-state index is 12.4. The molecule has 1 aromatic heterocycles. The molecule has 0 saturated carbocycles. The molecule has 0 aliphatic heterocycles. The largest absolute Gasteiger partial charge is 0.478 e. The van der Waals surface area contributed by atoms with Crippen LogP contribution in [0.25, 0.3) is 0 Å². The number of aromatic carboxylic acids is 1. The monoisotopic (exact) mass is 297 g/mol. The van der Waals surface area contributed by atoms with Crippen molar-refractivity contribution >= 4 is 23.2 Å². The number of halogens is 3. The summed E-state index contributed by atoms with van der Waals surface area (Å²) in [5.74, 6) is -1.25. The molecule has 0 radical (unpaired) electrons. The molecule has 1 heterocycles. The van der Waals surface area contributed by atoms with Crippen molar-refractivity contribution in [1.29, 1.82) is 0 Å². The van der Waals surface area contributed by atoms with Crippen molar-refractivity contribution in [1.82, 2.24) is 4.98 Å². The Balaban J connectivity index is 2.28. The topological polar surface area (TPSA) is 88.2 Å². The summed E-state index contributed by atoms with van der Waals surface area (Å²) in [6, 6.07) is 5.36. The van der Waals surface area contributed by atoms with Crippen LogP contribution in [0.2, 0.25) is 0 Å². The SMILES string of the molecule is Nc1cnc(Nc2ccc(C(F)(F)F)cc2)c(C(=O)O)c1. The number of alkyl halides is 3. The molecule has 0 fully saturated rings. The summed E-state index contributed by atoms with van der Waals surface area (Å²) in [5.41, 5.74) is 4.93. The van der Waals surface area contributed by atoms with Crippen LogP contribution in [0.5, 0.6) is 0 Å². The number of carbonyl (C=O) groups is 1. The number of carboxylic acids is 1. The minimum atomic E-state index is -4.43. The van der Waals surface area contributed by atoms with Gasteiger partial charge in [-0.15, -0.1) is 0 Å². The maximum atomic E-state index is 12.4. The highest BCUT2D eigenvalue weighted by molar-refractivity contribution is 5.94. The highest BCUT2D eigenvalue weighted by Crippen LogP contribution is 2.30. The van der Waals surface area contributed by atoms with E-state index in [4.69, 9.17) is 10.8 Å². The van der Waals surface area contributed by atoms with E-state index < -0.39 is 17.7 Å². The van der Waals surface area contributed by atoms with Gasteiger partial charge in [0.25, 0.3) is 0 Å². The highest BCUT2D eigenvalue weighted by Gasteiger charge is 2.29. The van der Waals surface area contributed by atoms with Crippen LogP contribution in [0.1, 0.15) is 15.9 Å². The van der Waals surface area contributed by atoms with Crippen LogP contribution >= 0.6 is 0 Å². The molecule has 0 spiro atoms. The standard InChI is InChI=1S/C13H10F3N3O2/c14-13(15,16)7-1-3-9(4-2-7)19-11-10(12(20)21)5-8(17)6-18-11/h1-6H,17H2,(H,18,19)(H,20,21). The second-order valence-corrected chi connectivity index (χ2v) is 4.17. The number of aromatic nitrogens is 1. The fraction of sp³-hybridized carbons (Fsp3) is 0.0769. The van der Waals surface area contributed by atoms with Crippen molar-refractivity contribution in [3.63, 3.8) is 0 Å². The lowest BCUT2D eigenvalue weighted by Gasteiger charge is -2.11. The number of benzene rings is 1. The normalized spacial score (nSPS) is 11.2. The highest BCUT2D eigenvalue weighted by atomic mass is 19.4. The quantitative estimate of drug-likeness (QED) is 0.810. The van der Waals surface area contributed by atoms with Crippen LogP contribution in [-0.4, -0.2) is 16.1 Å². The smallest absolute Gasteiger partial charge is 0.416 e. The van der Waals surface area contributed by atoms with Crippen molar-refractivity contribution in [3.8, 4) is 0 Å². The van der Waals surface area contributed by atoms with E-state index in [1.54, 1.807) is 0 Å². The Morgan fingerprint density at radius 2 is 1.86 bits per heavy atom. The van der Waals surface area contributed by atoms with Gasteiger partial charge < -0.3 is 16.2 Å². The zero-order valence-electron chi connectivity index (χ0n) is 10.5. The number of nitrogens with zero attached hydrogens (tertiary/aromatic N) is 1. The Kier molecular flexibility index (Phi) is 3.70. The van der Waals surface area contributed by atoms with Gasteiger partial charge >= 0.3 is 12.1 Å². The number of nitrogens with two attached hydrogens (primary N) is 1. The first-order valence-electron chi connectivity index (χ1n) is 5.70. The third-order valence-corrected chi connectivity index (χ3v) is 2.61. The second kappa shape index (κ2) is 5.31. The van der Waals surface area contributed by atoms with Crippen LogP contribution < -0.4 is 11.1 Å². The van der Waals surface area contributed by atoms with Crippen molar-refractivity contribution in [2.24, 2.45) is 0 Å². The van der Waals surface area contributed by atoms with Gasteiger partial charge in [-0.3, -0.25) is 0 Å². The van der Waals surface area contributed by atoms with E-state index in [1.165, 1.54) is 24.4 Å². The van der Waals surface area contributed by atoms with Crippen molar-refractivity contribution in [3.05, 3.63) is 47.7 Å². The van der Waals surface area contributed by atoms with Crippen LogP contribution in [0, 0.1) is 0 Å². The molecular weight excluding hydrogens is 287 g/mol. The lowest BCUT2D eigenvalue weighted by molar-refractivity contribution is -0.137. The van der Waals surface area contributed by atoms with Gasteiger partial charge in [0.15, 0.2) is 0 Å². The Morgan fingerprint density at radius 1 is 1.24 bits per heavy atom. The van der Waals surface area contributed by atoms with Gasteiger partial charge in [-0.25, -0.2) is 9.78 Å². The minimum Gasteiger partial charge on any atom is -0.478 e. The molecule has 2 aromatic rings. The molecule has 2 rings (SSSR count). The van der Waals surface area contributed by atoms with E-state index in [9.17, 15) is 18.0 Å². The number of hydrogen-bond acceptors (Lipinski definition) is 4. The minimum absolute atomic E-state index is 0.00328. The van der Waals surface area contributed by atoms with Crippen LogP contribution in [-0.2, 0) is 6.18 Å². The molecule has 0 amide bonds. The fourth-order valence-corrected chi connectivity index (χ4v) is 1.62.